The molecule has 130 valence electrons. The summed E-state index contributed by atoms with van der Waals surface area (Å²) < 4.78 is 5.25. The first kappa shape index (κ1) is 19.2. The van der Waals surface area contributed by atoms with E-state index in [-0.39, 0.29) is 11.8 Å². The highest BCUT2D eigenvalue weighted by molar-refractivity contribution is 5.67. The standard InChI is InChI=1S/C17H29N3O3/c1-5-6-7-13(11-20-16(22)23-17(2,3)4)18-10-14-8-9-15(21)12-19-14/h8-9,12-13,18,21H,5-7,10-11H2,1-4H3,(H,20,22). The summed E-state index contributed by atoms with van der Waals surface area (Å²) in [4.78, 5) is 15.9. The Balaban J connectivity index is 2.45. The maximum absolute atomic E-state index is 11.7. The lowest BCUT2D eigenvalue weighted by Crippen LogP contribution is -2.42. The smallest absolute Gasteiger partial charge is 0.407 e. The molecule has 3 N–H and O–H groups in total. The molecule has 1 aromatic rings. The molecule has 0 fully saturated rings. The van der Waals surface area contributed by atoms with Gasteiger partial charge in [-0.2, -0.15) is 0 Å². The van der Waals surface area contributed by atoms with Crippen LogP contribution in [0.1, 0.15) is 52.7 Å². The Bertz CT molecular complexity index is 469. The van der Waals surface area contributed by atoms with Gasteiger partial charge in [-0.05, 0) is 39.3 Å². The average Bonchev–Trinajstić information content (AvgIpc) is 2.46. The number of hydrogen-bond acceptors (Lipinski definition) is 5. The molecule has 1 unspecified atom stereocenters. The van der Waals surface area contributed by atoms with Gasteiger partial charge < -0.3 is 20.5 Å². The number of hydrogen-bond donors (Lipinski definition) is 3. The molecule has 0 aliphatic heterocycles. The molecule has 6 nitrogen and oxygen atoms in total. The van der Waals surface area contributed by atoms with E-state index in [9.17, 15) is 9.90 Å². The topological polar surface area (TPSA) is 83.5 Å². The van der Waals surface area contributed by atoms with E-state index in [2.05, 4.69) is 22.5 Å². The lowest BCUT2D eigenvalue weighted by Gasteiger charge is -2.22. The van der Waals surface area contributed by atoms with Crippen LogP contribution in [-0.2, 0) is 11.3 Å². The van der Waals surface area contributed by atoms with Crippen LogP contribution in [0.5, 0.6) is 5.75 Å². The molecule has 1 aromatic heterocycles. The van der Waals surface area contributed by atoms with Crippen molar-refractivity contribution in [2.24, 2.45) is 0 Å². The van der Waals surface area contributed by atoms with Crippen molar-refractivity contribution in [2.45, 2.75) is 65.1 Å². The summed E-state index contributed by atoms with van der Waals surface area (Å²) in [5.74, 6) is 0.155. The fraction of sp³-hybridized carbons (Fsp3) is 0.647. The SMILES string of the molecule is CCCCC(CNC(=O)OC(C)(C)C)NCc1ccc(O)cn1. The third kappa shape index (κ3) is 9.03. The van der Waals surface area contributed by atoms with E-state index < -0.39 is 11.7 Å². The van der Waals surface area contributed by atoms with Gasteiger partial charge in [0.25, 0.3) is 0 Å². The molecular formula is C17H29N3O3. The molecule has 0 aromatic carbocycles. The summed E-state index contributed by atoms with van der Waals surface area (Å²) in [6.07, 6.45) is 4.17. The van der Waals surface area contributed by atoms with Crippen molar-refractivity contribution in [3.63, 3.8) is 0 Å². The second kappa shape index (κ2) is 9.35. The largest absolute Gasteiger partial charge is 0.506 e. The Morgan fingerprint density at radius 3 is 2.70 bits per heavy atom. The predicted molar refractivity (Wildman–Crippen MR) is 90.3 cm³/mol. The van der Waals surface area contributed by atoms with E-state index in [1.54, 1.807) is 12.1 Å². The highest BCUT2D eigenvalue weighted by Crippen LogP contribution is 2.08. The van der Waals surface area contributed by atoms with Gasteiger partial charge in [0, 0.05) is 19.1 Å². The molecule has 0 aliphatic carbocycles. The predicted octanol–water partition coefficient (Wildman–Crippen LogP) is 2.96. The lowest BCUT2D eigenvalue weighted by molar-refractivity contribution is 0.0521. The van der Waals surface area contributed by atoms with E-state index in [1.165, 1.54) is 6.20 Å². The molecule has 1 heterocycles. The van der Waals surface area contributed by atoms with Crippen LogP contribution in [0.3, 0.4) is 0 Å². The summed E-state index contributed by atoms with van der Waals surface area (Å²) >= 11 is 0. The Morgan fingerprint density at radius 2 is 2.13 bits per heavy atom. The summed E-state index contributed by atoms with van der Waals surface area (Å²) in [6, 6.07) is 3.54. The van der Waals surface area contributed by atoms with Gasteiger partial charge in [-0.1, -0.05) is 19.8 Å². The molecule has 0 saturated carbocycles. The monoisotopic (exact) mass is 323 g/mol. The second-order valence-electron chi connectivity index (χ2n) is 6.61. The molecule has 0 bridgehead atoms. The normalized spacial score (nSPS) is 12.7. The molecule has 1 rings (SSSR count). The van der Waals surface area contributed by atoms with Crippen LogP contribution in [0.15, 0.2) is 18.3 Å². The van der Waals surface area contributed by atoms with Crippen LogP contribution < -0.4 is 10.6 Å². The number of nitrogens with zero attached hydrogens (tertiary/aromatic N) is 1. The molecule has 23 heavy (non-hydrogen) atoms. The maximum atomic E-state index is 11.7. The first-order valence-corrected chi connectivity index (χ1v) is 8.14. The minimum Gasteiger partial charge on any atom is -0.506 e. The molecule has 0 radical (unpaired) electrons. The summed E-state index contributed by atoms with van der Waals surface area (Å²) in [6.45, 7) is 8.76. The Kier molecular flexibility index (Phi) is 7.81. The Hall–Kier alpha value is -1.82. The van der Waals surface area contributed by atoms with Gasteiger partial charge in [0.15, 0.2) is 0 Å². The third-order valence-electron chi connectivity index (χ3n) is 3.18. The van der Waals surface area contributed by atoms with Crippen LogP contribution in [-0.4, -0.2) is 34.4 Å². The summed E-state index contributed by atoms with van der Waals surface area (Å²) in [5.41, 5.74) is 0.355. The highest BCUT2D eigenvalue weighted by Gasteiger charge is 2.17. The second-order valence-corrected chi connectivity index (χ2v) is 6.61. The number of pyridine rings is 1. The Morgan fingerprint density at radius 1 is 1.39 bits per heavy atom. The van der Waals surface area contributed by atoms with E-state index >= 15 is 0 Å². The number of amides is 1. The quantitative estimate of drug-likeness (QED) is 0.685. The van der Waals surface area contributed by atoms with E-state index in [0.717, 1.165) is 25.0 Å². The van der Waals surface area contributed by atoms with Crippen LogP contribution in [0.2, 0.25) is 0 Å². The van der Waals surface area contributed by atoms with Gasteiger partial charge in [-0.15, -0.1) is 0 Å². The zero-order valence-electron chi connectivity index (χ0n) is 14.6. The van der Waals surface area contributed by atoms with Gasteiger partial charge in [-0.3, -0.25) is 4.98 Å². The number of carbonyl (C=O) groups is 1. The van der Waals surface area contributed by atoms with Gasteiger partial charge in [-0.25, -0.2) is 4.79 Å². The summed E-state index contributed by atoms with van der Waals surface area (Å²) in [5, 5.41) is 15.4. The van der Waals surface area contributed by atoms with Gasteiger partial charge in [0.2, 0.25) is 0 Å². The third-order valence-corrected chi connectivity index (χ3v) is 3.18. The molecule has 0 spiro atoms. The first-order chi connectivity index (χ1) is 10.8. The zero-order valence-corrected chi connectivity index (χ0v) is 14.6. The fourth-order valence-electron chi connectivity index (χ4n) is 2.02. The zero-order chi connectivity index (χ0) is 17.3. The highest BCUT2D eigenvalue weighted by atomic mass is 16.6. The fourth-order valence-corrected chi connectivity index (χ4v) is 2.02. The van der Waals surface area contributed by atoms with Crippen molar-refractivity contribution in [3.05, 3.63) is 24.0 Å². The maximum Gasteiger partial charge on any atom is 0.407 e. The number of aromatic hydroxyl groups is 1. The molecule has 0 saturated heterocycles. The van der Waals surface area contributed by atoms with Crippen molar-refractivity contribution >= 4 is 6.09 Å². The van der Waals surface area contributed by atoms with Crippen molar-refractivity contribution in [1.29, 1.82) is 0 Å². The molecule has 1 amide bonds. The van der Waals surface area contributed by atoms with Gasteiger partial charge in [0.1, 0.15) is 11.4 Å². The number of alkyl carbamates (subject to hydrolysis) is 1. The van der Waals surface area contributed by atoms with Crippen molar-refractivity contribution in [2.75, 3.05) is 6.54 Å². The van der Waals surface area contributed by atoms with Crippen molar-refractivity contribution < 1.29 is 14.6 Å². The van der Waals surface area contributed by atoms with Crippen LogP contribution in [0, 0.1) is 0 Å². The average molecular weight is 323 g/mol. The van der Waals surface area contributed by atoms with E-state index in [4.69, 9.17) is 4.74 Å². The number of carbonyl (C=O) groups excluding carboxylic acids is 1. The Labute approximate surface area is 138 Å². The number of nitrogens with one attached hydrogen (secondary N) is 2. The van der Waals surface area contributed by atoms with E-state index in [0.29, 0.717) is 13.1 Å². The molecular weight excluding hydrogens is 294 g/mol. The first-order valence-electron chi connectivity index (χ1n) is 8.14. The number of aromatic nitrogens is 1. The number of rotatable bonds is 8. The van der Waals surface area contributed by atoms with Gasteiger partial charge in [0.05, 0.1) is 11.9 Å². The van der Waals surface area contributed by atoms with Crippen LogP contribution >= 0.6 is 0 Å². The minimum absolute atomic E-state index is 0.151. The summed E-state index contributed by atoms with van der Waals surface area (Å²) in [7, 11) is 0. The van der Waals surface area contributed by atoms with Crippen molar-refractivity contribution in [1.82, 2.24) is 15.6 Å². The lowest BCUT2D eigenvalue weighted by atomic mass is 10.1. The van der Waals surface area contributed by atoms with Crippen LogP contribution in [0.25, 0.3) is 0 Å². The van der Waals surface area contributed by atoms with Gasteiger partial charge >= 0.3 is 6.09 Å². The number of ether oxygens (including phenoxy) is 1. The van der Waals surface area contributed by atoms with Crippen LogP contribution in [0.4, 0.5) is 4.79 Å². The molecule has 6 heteroatoms. The molecule has 0 aliphatic rings. The molecule has 1 atom stereocenters. The number of unbranched alkanes of at least 4 members (excludes halogenated alkanes) is 1. The van der Waals surface area contributed by atoms with E-state index in [1.807, 2.05) is 20.8 Å². The van der Waals surface area contributed by atoms with Crippen molar-refractivity contribution in [3.8, 4) is 5.75 Å². The minimum atomic E-state index is -0.494.